The summed E-state index contributed by atoms with van der Waals surface area (Å²) in [5.41, 5.74) is 0.281. The quantitative estimate of drug-likeness (QED) is 0.451. The van der Waals surface area contributed by atoms with Gasteiger partial charge in [0.2, 0.25) is 0 Å². The molecule has 1 amide bonds. The van der Waals surface area contributed by atoms with Crippen LogP contribution in [0.5, 0.6) is 0 Å². The summed E-state index contributed by atoms with van der Waals surface area (Å²) in [7, 11) is 2.42. The number of esters is 3. The third-order valence-corrected chi connectivity index (χ3v) is 5.05. The summed E-state index contributed by atoms with van der Waals surface area (Å²) in [6.45, 7) is -0.487. The molecule has 3 rings (SSSR count). The topological polar surface area (TPSA) is 108 Å². The predicted molar refractivity (Wildman–Crippen MR) is 97.6 cm³/mol. The van der Waals surface area contributed by atoms with Crippen LogP contribution in [0.2, 0.25) is 0 Å². The Bertz CT molecular complexity index is 845. The van der Waals surface area contributed by atoms with Gasteiger partial charge < -0.3 is 19.5 Å². The summed E-state index contributed by atoms with van der Waals surface area (Å²) >= 11 is 0. The zero-order valence-corrected chi connectivity index (χ0v) is 15.6. The number of allylic oxidation sites excluding steroid dienone is 2. The van der Waals surface area contributed by atoms with Crippen LogP contribution in [0.15, 0.2) is 30.4 Å². The number of hydrogen-bond acceptors (Lipinski definition) is 7. The Morgan fingerprint density at radius 1 is 1.04 bits per heavy atom. The zero-order valence-electron chi connectivity index (χ0n) is 15.6. The minimum atomic E-state index is -0.683. The van der Waals surface area contributed by atoms with Gasteiger partial charge in [-0.15, -0.1) is 0 Å². The molecule has 0 radical (unpaired) electrons. The van der Waals surface area contributed by atoms with Gasteiger partial charge in [-0.3, -0.25) is 9.59 Å². The highest BCUT2D eigenvalue weighted by molar-refractivity contribution is 6.04. The van der Waals surface area contributed by atoms with E-state index in [1.165, 1.54) is 32.4 Å². The van der Waals surface area contributed by atoms with E-state index in [0.29, 0.717) is 5.92 Å². The fraction of sp³-hybridized carbons (Fsp3) is 0.400. The van der Waals surface area contributed by atoms with Gasteiger partial charge in [0.15, 0.2) is 6.61 Å². The van der Waals surface area contributed by atoms with Crippen LogP contribution in [0.25, 0.3) is 0 Å². The normalized spacial score (nSPS) is 21.9. The first-order valence-electron chi connectivity index (χ1n) is 8.88. The van der Waals surface area contributed by atoms with Crippen LogP contribution in [-0.4, -0.2) is 44.6 Å². The molecule has 0 heterocycles. The first-order valence-corrected chi connectivity index (χ1v) is 8.88. The second-order valence-corrected chi connectivity index (χ2v) is 6.79. The fourth-order valence-corrected chi connectivity index (χ4v) is 3.66. The SMILES string of the molecule is COC(=O)c1ccc(C(=O)OC)c(NC(=O)COC(=O)[C@H]2C[C@H]3C=C[C@H]2C3)c1. The molecule has 148 valence electrons. The number of fused-ring (bicyclic) bond motifs is 2. The first kappa shape index (κ1) is 19.6. The van der Waals surface area contributed by atoms with Gasteiger partial charge in [0, 0.05) is 0 Å². The number of hydrogen-bond donors (Lipinski definition) is 1. The summed E-state index contributed by atoms with van der Waals surface area (Å²) < 4.78 is 14.5. The molecule has 0 aliphatic heterocycles. The molecule has 1 aromatic carbocycles. The third-order valence-electron chi connectivity index (χ3n) is 5.05. The van der Waals surface area contributed by atoms with Gasteiger partial charge >= 0.3 is 17.9 Å². The maximum absolute atomic E-state index is 12.2. The van der Waals surface area contributed by atoms with Gasteiger partial charge in [0.25, 0.3) is 5.91 Å². The molecule has 0 unspecified atom stereocenters. The minimum Gasteiger partial charge on any atom is -0.465 e. The van der Waals surface area contributed by atoms with E-state index in [1.54, 1.807) is 0 Å². The second-order valence-electron chi connectivity index (χ2n) is 6.79. The molecule has 1 saturated carbocycles. The number of benzene rings is 1. The van der Waals surface area contributed by atoms with Crippen molar-refractivity contribution in [3.8, 4) is 0 Å². The number of amides is 1. The van der Waals surface area contributed by atoms with E-state index in [4.69, 9.17) is 4.74 Å². The molecule has 8 heteroatoms. The highest BCUT2D eigenvalue weighted by atomic mass is 16.5. The van der Waals surface area contributed by atoms with Gasteiger partial charge in [-0.2, -0.15) is 0 Å². The molecule has 1 fully saturated rings. The van der Waals surface area contributed by atoms with Crippen molar-refractivity contribution < 1.29 is 33.4 Å². The Morgan fingerprint density at radius 2 is 1.79 bits per heavy atom. The molecule has 2 aliphatic carbocycles. The first-order chi connectivity index (χ1) is 13.4. The van der Waals surface area contributed by atoms with E-state index in [9.17, 15) is 19.2 Å². The molecule has 0 saturated heterocycles. The lowest BCUT2D eigenvalue weighted by Crippen LogP contribution is -2.27. The van der Waals surface area contributed by atoms with Crippen molar-refractivity contribution in [3.63, 3.8) is 0 Å². The van der Waals surface area contributed by atoms with Crippen molar-refractivity contribution in [2.75, 3.05) is 26.1 Å². The van der Waals surface area contributed by atoms with Gasteiger partial charge in [-0.25, -0.2) is 9.59 Å². The van der Waals surface area contributed by atoms with E-state index in [-0.39, 0.29) is 28.7 Å². The van der Waals surface area contributed by atoms with Crippen molar-refractivity contribution in [3.05, 3.63) is 41.5 Å². The summed E-state index contributed by atoms with van der Waals surface area (Å²) in [4.78, 5) is 48.1. The van der Waals surface area contributed by atoms with Gasteiger partial charge in [0.1, 0.15) is 0 Å². The van der Waals surface area contributed by atoms with Gasteiger partial charge in [-0.1, -0.05) is 12.2 Å². The highest BCUT2D eigenvalue weighted by Crippen LogP contribution is 2.43. The van der Waals surface area contributed by atoms with Crippen LogP contribution in [0, 0.1) is 17.8 Å². The van der Waals surface area contributed by atoms with Crippen LogP contribution in [-0.2, 0) is 23.8 Å². The molecule has 1 aromatic rings. The molecule has 1 N–H and O–H groups in total. The summed E-state index contributed by atoms with van der Waals surface area (Å²) in [5.74, 6) is -1.94. The lowest BCUT2D eigenvalue weighted by Gasteiger charge is -2.17. The van der Waals surface area contributed by atoms with Crippen molar-refractivity contribution >= 4 is 29.5 Å². The Hall–Kier alpha value is -3.16. The van der Waals surface area contributed by atoms with Crippen LogP contribution in [0.3, 0.4) is 0 Å². The van der Waals surface area contributed by atoms with E-state index in [1.807, 2.05) is 6.08 Å². The number of nitrogens with one attached hydrogen (secondary N) is 1. The average molecular weight is 387 g/mol. The van der Waals surface area contributed by atoms with E-state index >= 15 is 0 Å². The zero-order chi connectivity index (χ0) is 20.3. The second kappa shape index (κ2) is 8.24. The lowest BCUT2D eigenvalue weighted by molar-refractivity contribution is -0.152. The molecule has 3 atom stereocenters. The Labute approximate surface area is 161 Å². The standard InChI is InChI=1S/C20H21NO7/c1-26-18(23)13-5-6-14(19(24)27-2)16(9-13)21-17(22)10-28-20(25)15-8-11-3-4-12(15)7-11/h3-6,9,11-12,15H,7-8,10H2,1-2H3,(H,21,22)/t11-,12-,15-/m0/s1. The third kappa shape index (κ3) is 4.05. The van der Waals surface area contributed by atoms with Crippen molar-refractivity contribution in [2.24, 2.45) is 17.8 Å². The van der Waals surface area contributed by atoms with Crippen LogP contribution in [0.4, 0.5) is 5.69 Å². The molecular weight excluding hydrogens is 366 g/mol. The van der Waals surface area contributed by atoms with Crippen LogP contribution >= 0.6 is 0 Å². The number of anilines is 1. The molecule has 2 aliphatic rings. The Morgan fingerprint density at radius 3 is 2.39 bits per heavy atom. The highest BCUT2D eigenvalue weighted by Gasteiger charge is 2.40. The lowest BCUT2D eigenvalue weighted by atomic mass is 9.94. The molecule has 28 heavy (non-hydrogen) atoms. The van der Waals surface area contributed by atoms with Crippen LogP contribution in [0.1, 0.15) is 33.6 Å². The number of rotatable bonds is 6. The average Bonchev–Trinajstić information content (AvgIpc) is 3.34. The number of methoxy groups -OCH3 is 2. The number of ether oxygens (including phenoxy) is 3. The summed E-state index contributed by atoms with van der Waals surface area (Å²) in [6, 6.07) is 4.04. The van der Waals surface area contributed by atoms with Crippen molar-refractivity contribution in [1.82, 2.24) is 0 Å². The molecule has 0 aromatic heterocycles. The monoisotopic (exact) mass is 387 g/mol. The van der Waals surface area contributed by atoms with Gasteiger partial charge in [0.05, 0.1) is 37.0 Å². The van der Waals surface area contributed by atoms with Crippen LogP contribution < -0.4 is 5.32 Å². The van der Waals surface area contributed by atoms with Crippen molar-refractivity contribution in [2.45, 2.75) is 12.8 Å². The smallest absolute Gasteiger partial charge is 0.339 e. The molecule has 0 spiro atoms. The van der Waals surface area contributed by atoms with E-state index < -0.39 is 30.4 Å². The summed E-state index contributed by atoms with van der Waals surface area (Å²) in [6.07, 6.45) is 5.84. The van der Waals surface area contributed by atoms with E-state index in [0.717, 1.165) is 12.8 Å². The number of carbonyl (C=O) groups excluding carboxylic acids is 4. The molecular formula is C20H21NO7. The maximum atomic E-state index is 12.2. The fourth-order valence-electron chi connectivity index (χ4n) is 3.66. The summed E-state index contributed by atoms with van der Waals surface area (Å²) in [5, 5.41) is 2.49. The maximum Gasteiger partial charge on any atom is 0.339 e. The van der Waals surface area contributed by atoms with E-state index in [2.05, 4.69) is 20.9 Å². The van der Waals surface area contributed by atoms with Gasteiger partial charge in [-0.05, 0) is 42.9 Å². The molecule has 2 bridgehead atoms. The molecule has 8 nitrogen and oxygen atoms in total. The Kier molecular flexibility index (Phi) is 5.77. The Balaban J connectivity index is 1.65. The number of carbonyl (C=O) groups is 4. The van der Waals surface area contributed by atoms with Crippen molar-refractivity contribution in [1.29, 1.82) is 0 Å². The largest absolute Gasteiger partial charge is 0.465 e. The minimum absolute atomic E-state index is 0.0630. The predicted octanol–water partition coefficient (Wildman–Crippen LogP) is 1.95.